The largest absolute Gasteiger partial charge is 0.489 e. The lowest BCUT2D eigenvalue weighted by Crippen LogP contribution is -2.21. The third-order valence-corrected chi connectivity index (χ3v) is 3.45. The predicted molar refractivity (Wildman–Crippen MR) is 81.0 cm³/mol. The van der Waals surface area contributed by atoms with Crippen molar-refractivity contribution in [2.45, 2.75) is 39.2 Å². The molecule has 1 aromatic rings. The van der Waals surface area contributed by atoms with E-state index < -0.39 is 0 Å². The van der Waals surface area contributed by atoms with Crippen molar-refractivity contribution in [3.63, 3.8) is 0 Å². The normalized spacial score (nSPS) is 12.2. The highest BCUT2D eigenvalue weighted by Crippen LogP contribution is 2.25. The summed E-state index contributed by atoms with van der Waals surface area (Å²) in [5.41, 5.74) is 8.27. The number of rotatable bonds is 7. The molecule has 1 unspecified atom stereocenters. The first kappa shape index (κ1) is 15.3. The summed E-state index contributed by atoms with van der Waals surface area (Å²) in [6, 6.07) is 6.24. The Morgan fingerprint density at radius 1 is 1.44 bits per heavy atom. The Morgan fingerprint density at radius 2 is 2.17 bits per heavy atom. The lowest BCUT2D eigenvalue weighted by atomic mass is 10.0. The molecule has 0 amide bonds. The molecule has 1 rings (SSSR count). The summed E-state index contributed by atoms with van der Waals surface area (Å²) in [5.74, 6) is 0.914. The molecule has 0 aliphatic heterocycles. The molecular formula is C15H22BrNO. The molecule has 0 heterocycles. The van der Waals surface area contributed by atoms with Gasteiger partial charge in [0.1, 0.15) is 12.4 Å². The van der Waals surface area contributed by atoms with Crippen molar-refractivity contribution in [1.29, 1.82) is 0 Å². The minimum Gasteiger partial charge on any atom is -0.489 e. The fourth-order valence-electron chi connectivity index (χ4n) is 1.56. The summed E-state index contributed by atoms with van der Waals surface area (Å²) in [7, 11) is 0. The quantitative estimate of drug-likeness (QED) is 0.770. The van der Waals surface area contributed by atoms with Gasteiger partial charge in [-0.2, -0.15) is 0 Å². The van der Waals surface area contributed by atoms with Crippen LogP contribution in [-0.4, -0.2) is 12.6 Å². The van der Waals surface area contributed by atoms with E-state index in [9.17, 15) is 0 Å². The van der Waals surface area contributed by atoms with Gasteiger partial charge in [-0.1, -0.05) is 36.4 Å². The summed E-state index contributed by atoms with van der Waals surface area (Å²) >= 11 is 3.49. The zero-order valence-electron chi connectivity index (χ0n) is 11.2. The summed E-state index contributed by atoms with van der Waals surface area (Å²) < 4.78 is 6.87. The molecule has 2 N–H and O–H groups in total. The first-order valence-corrected chi connectivity index (χ1v) is 7.19. The second-order valence-corrected chi connectivity index (χ2v) is 5.43. The summed E-state index contributed by atoms with van der Waals surface area (Å²) in [5, 5.41) is 0. The van der Waals surface area contributed by atoms with E-state index in [0.29, 0.717) is 6.61 Å². The Kier molecular flexibility index (Phi) is 6.44. The number of hydrogen-bond acceptors (Lipinski definition) is 2. The third kappa shape index (κ3) is 4.83. The monoisotopic (exact) mass is 311 g/mol. The molecule has 0 saturated heterocycles. The molecule has 1 aromatic carbocycles. The van der Waals surface area contributed by atoms with Crippen molar-refractivity contribution in [3.8, 4) is 5.75 Å². The van der Waals surface area contributed by atoms with Crippen LogP contribution in [0, 0.1) is 0 Å². The molecule has 100 valence electrons. The first-order valence-electron chi connectivity index (χ1n) is 6.40. The molecule has 0 aromatic heterocycles. The Morgan fingerprint density at radius 3 is 2.78 bits per heavy atom. The van der Waals surface area contributed by atoms with E-state index in [0.717, 1.165) is 40.6 Å². The van der Waals surface area contributed by atoms with Crippen LogP contribution in [0.3, 0.4) is 0 Å². The molecule has 18 heavy (non-hydrogen) atoms. The van der Waals surface area contributed by atoms with Crippen LogP contribution in [0.4, 0.5) is 0 Å². The van der Waals surface area contributed by atoms with Crippen molar-refractivity contribution in [2.24, 2.45) is 5.73 Å². The van der Waals surface area contributed by atoms with E-state index in [1.54, 1.807) is 0 Å². The van der Waals surface area contributed by atoms with Gasteiger partial charge in [0.15, 0.2) is 0 Å². The van der Waals surface area contributed by atoms with Crippen molar-refractivity contribution in [3.05, 3.63) is 40.4 Å². The van der Waals surface area contributed by atoms with Crippen LogP contribution in [0.5, 0.6) is 5.75 Å². The van der Waals surface area contributed by atoms with E-state index in [4.69, 9.17) is 10.5 Å². The van der Waals surface area contributed by atoms with Crippen LogP contribution in [0.25, 0.3) is 0 Å². The Bertz CT molecular complexity index is 403. The van der Waals surface area contributed by atoms with Crippen LogP contribution in [0.1, 0.15) is 32.3 Å². The third-order valence-electron chi connectivity index (χ3n) is 2.96. The van der Waals surface area contributed by atoms with Gasteiger partial charge in [0.2, 0.25) is 0 Å². The molecule has 0 aliphatic carbocycles. The molecule has 3 heteroatoms. The smallest absolute Gasteiger partial charge is 0.123 e. The minimum absolute atomic E-state index is 0.177. The molecular weight excluding hydrogens is 290 g/mol. The van der Waals surface area contributed by atoms with E-state index in [1.807, 2.05) is 12.1 Å². The molecule has 0 spiro atoms. The lowest BCUT2D eigenvalue weighted by molar-refractivity contribution is 0.344. The van der Waals surface area contributed by atoms with Crippen molar-refractivity contribution in [2.75, 3.05) is 6.61 Å². The van der Waals surface area contributed by atoms with Gasteiger partial charge < -0.3 is 10.5 Å². The number of ether oxygens (including phenoxy) is 1. The predicted octanol–water partition coefficient (Wildman–Crippen LogP) is 4.07. The maximum Gasteiger partial charge on any atom is 0.123 e. The standard InChI is InChI=1S/C15H22BrNO/c1-4-11(3)10-18-15-7-6-13(16)8-12(15)9-14(17)5-2/h6-8,14H,3-5,9-10,17H2,1-2H3. The molecule has 0 saturated carbocycles. The van der Waals surface area contributed by atoms with Gasteiger partial charge in [-0.3, -0.25) is 0 Å². The number of halogens is 1. The van der Waals surface area contributed by atoms with Gasteiger partial charge >= 0.3 is 0 Å². The van der Waals surface area contributed by atoms with Gasteiger partial charge in [0, 0.05) is 10.5 Å². The second kappa shape index (κ2) is 7.59. The SMILES string of the molecule is C=C(CC)COc1ccc(Br)cc1CC(N)CC. The molecule has 2 nitrogen and oxygen atoms in total. The highest BCUT2D eigenvalue weighted by molar-refractivity contribution is 9.10. The maximum absolute atomic E-state index is 6.02. The van der Waals surface area contributed by atoms with Crippen molar-refractivity contribution in [1.82, 2.24) is 0 Å². The van der Waals surface area contributed by atoms with E-state index >= 15 is 0 Å². The fraction of sp³-hybridized carbons (Fsp3) is 0.467. The molecule has 0 fully saturated rings. The Labute approximate surface area is 118 Å². The zero-order chi connectivity index (χ0) is 13.5. The van der Waals surface area contributed by atoms with E-state index in [-0.39, 0.29) is 6.04 Å². The van der Waals surface area contributed by atoms with Crippen LogP contribution in [0.2, 0.25) is 0 Å². The highest BCUT2D eigenvalue weighted by atomic mass is 79.9. The average Bonchev–Trinajstić information content (AvgIpc) is 2.37. The van der Waals surface area contributed by atoms with E-state index in [1.165, 1.54) is 0 Å². The number of benzene rings is 1. The fourth-order valence-corrected chi connectivity index (χ4v) is 1.97. The van der Waals surface area contributed by atoms with Gasteiger partial charge in [-0.25, -0.2) is 0 Å². The van der Waals surface area contributed by atoms with E-state index in [2.05, 4.69) is 42.4 Å². The first-order chi connectivity index (χ1) is 8.56. The summed E-state index contributed by atoms with van der Waals surface area (Å²) in [6.45, 7) is 8.71. The lowest BCUT2D eigenvalue weighted by Gasteiger charge is -2.15. The van der Waals surface area contributed by atoms with Crippen molar-refractivity contribution >= 4 is 15.9 Å². The van der Waals surface area contributed by atoms with Crippen molar-refractivity contribution < 1.29 is 4.74 Å². The minimum atomic E-state index is 0.177. The molecule has 0 aliphatic rings. The maximum atomic E-state index is 6.02. The Hall–Kier alpha value is -0.800. The zero-order valence-corrected chi connectivity index (χ0v) is 12.8. The molecule has 1 atom stereocenters. The number of hydrogen-bond donors (Lipinski definition) is 1. The Balaban J connectivity index is 2.79. The van der Waals surface area contributed by atoms with Gasteiger partial charge in [-0.15, -0.1) is 0 Å². The highest BCUT2D eigenvalue weighted by Gasteiger charge is 2.09. The van der Waals surface area contributed by atoms with Crippen LogP contribution < -0.4 is 10.5 Å². The van der Waals surface area contributed by atoms with Crippen LogP contribution in [-0.2, 0) is 6.42 Å². The summed E-state index contributed by atoms with van der Waals surface area (Å²) in [4.78, 5) is 0. The molecule has 0 bridgehead atoms. The van der Waals surface area contributed by atoms with Crippen LogP contribution in [0.15, 0.2) is 34.8 Å². The van der Waals surface area contributed by atoms with Gasteiger partial charge in [-0.05, 0) is 48.6 Å². The van der Waals surface area contributed by atoms with Gasteiger partial charge in [0.25, 0.3) is 0 Å². The second-order valence-electron chi connectivity index (χ2n) is 4.52. The van der Waals surface area contributed by atoms with Gasteiger partial charge in [0.05, 0.1) is 0 Å². The average molecular weight is 312 g/mol. The molecule has 0 radical (unpaired) electrons. The van der Waals surface area contributed by atoms with Crippen LogP contribution >= 0.6 is 15.9 Å². The summed E-state index contributed by atoms with van der Waals surface area (Å²) in [6.07, 6.45) is 2.75. The number of nitrogens with two attached hydrogens (primary N) is 1. The topological polar surface area (TPSA) is 35.2 Å².